The lowest BCUT2D eigenvalue weighted by Crippen LogP contribution is -2.46. The van der Waals surface area contributed by atoms with Crippen LogP contribution in [0.4, 0.5) is 5.69 Å². The van der Waals surface area contributed by atoms with E-state index in [0.717, 1.165) is 18.1 Å². The Morgan fingerprint density at radius 1 is 1.47 bits per heavy atom. The molecule has 102 valence electrons. The van der Waals surface area contributed by atoms with Gasteiger partial charge < -0.3 is 15.7 Å². The van der Waals surface area contributed by atoms with Gasteiger partial charge in [0.1, 0.15) is 0 Å². The number of hydrogen-bond acceptors (Lipinski definition) is 4. The predicted octanol–water partition coefficient (Wildman–Crippen LogP) is 1.68. The van der Waals surface area contributed by atoms with Crippen molar-refractivity contribution in [3.8, 4) is 0 Å². The lowest BCUT2D eigenvalue weighted by Gasteiger charge is -2.22. The second kappa shape index (κ2) is 6.27. The lowest BCUT2D eigenvalue weighted by molar-refractivity contribution is -0.117. The molecule has 0 bridgehead atoms. The Balaban J connectivity index is 2.06. The van der Waals surface area contributed by atoms with Crippen molar-refractivity contribution < 1.29 is 14.7 Å². The summed E-state index contributed by atoms with van der Waals surface area (Å²) in [4.78, 5) is 22.8. The Morgan fingerprint density at radius 2 is 2.26 bits per heavy atom. The maximum absolute atomic E-state index is 12.0. The highest BCUT2D eigenvalue weighted by atomic mass is 35.5. The summed E-state index contributed by atoms with van der Waals surface area (Å²) in [6.07, 6.45) is 0. The highest BCUT2D eigenvalue weighted by Crippen LogP contribution is 2.23. The summed E-state index contributed by atoms with van der Waals surface area (Å²) in [6, 6.07) is 3.99. The van der Waals surface area contributed by atoms with E-state index in [2.05, 4.69) is 10.6 Å². The maximum Gasteiger partial charge on any atom is 0.335 e. The van der Waals surface area contributed by atoms with Gasteiger partial charge in [-0.3, -0.25) is 4.79 Å². The van der Waals surface area contributed by atoms with Crippen molar-refractivity contribution in [2.75, 3.05) is 23.4 Å². The molecule has 1 aromatic carbocycles. The number of carboxylic acids is 1. The zero-order valence-corrected chi connectivity index (χ0v) is 11.6. The van der Waals surface area contributed by atoms with Crippen molar-refractivity contribution >= 4 is 40.9 Å². The van der Waals surface area contributed by atoms with Crippen LogP contribution in [0.2, 0.25) is 5.02 Å². The number of rotatable bonds is 3. The number of aromatic carboxylic acids is 1. The lowest BCUT2D eigenvalue weighted by atomic mass is 10.2. The molecule has 0 saturated carbocycles. The normalized spacial score (nSPS) is 18.9. The summed E-state index contributed by atoms with van der Waals surface area (Å²) in [6.45, 7) is 0.800. The predicted molar refractivity (Wildman–Crippen MR) is 76.2 cm³/mol. The minimum Gasteiger partial charge on any atom is -0.478 e. The molecular weight excluding hydrogens is 288 g/mol. The van der Waals surface area contributed by atoms with Crippen molar-refractivity contribution in [3.63, 3.8) is 0 Å². The van der Waals surface area contributed by atoms with Crippen LogP contribution >= 0.6 is 23.4 Å². The first-order chi connectivity index (χ1) is 9.08. The molecule has 3 N–H and O–H groups in total. The summed E-state index contributed by atoms with van der Waals surface area (Å²) in [5, 5.41) is 14.9. The molecule has 0 radical (unpaired) electrons. The minimum atomic E-state index is -1.05. The van der Waals surface area contributed by atoms with E-state index < -0.39 is 5.97 Å². The molecule has 1 aliphatic rings. The van der Waals surface area contributed by atoms with Gasteiger partial charge in [-0.2, -0.15) is 11.8 Å². The fraction of sp³-hybridized carbons (Fsp3) is 0.333. The van der Waals surface area contributed by atoms with Crippen LogP contribution in [0.15, 0.2) is 18.2 Å². The SMILES string of the molecule is O=C(O)c1ccc(NC(=O)C2CSCCN2)c(Cl)c1. The Bertz CT molecular complexity index is 504. The van der Waals surface area contributed by atoms with Gasteiger partial charge in [-0.1, -0.05) is 11.6 Å². The topological polar surface area (TPSA) is 78.4 Å². The van der Waals surface area contributed by atoms with E-state index in [9.17, 15) is 9.59 Å². The maximum atomic E-state index is 12.0. The molecule has 1 aliphatic heterocycles. The number of hydrogen-bond donors (Lipinski definition) is 3. The molecule has 0 aromatic heterocycles. The number of amides is 1. The van der Waals surface area contributed by atoms with E-state index in [0.29, 0.717) is 5.69 Å². The second-order valence-corrected chi connectivity index (χ2v) is 5.63. The number of carbonyl (C=O) groups excluding carboxylic acids is 1. The van der Waals surface area contributed by atoms with Crippen LogP contribution in [-0.4, -0.2) is 41.1 Å². The van der Waals surface area contributed by atoms with E-state index in [-0.39, 0.29) is 22.5 Å². The summed E-state index contributed by atoms with van der Waals surface area (Å²) in [5.74, 6) is 0.511. The fourth-order valence-corrected chi connectivity index (χ4v) is 2.86. The molecule has 7 heteroatoms. The highest BCUT2D eigenvalue weighted by molar-refractivity contribution is 7.99. The highest BCUT2D eigenvalue weighted by Gasteiger charge is 2.21. The van der Waals surface area contributed by atoms with Gasteiger partial charge >= 0.3 is 5.97 Å². The number of anilines is 1. The molecule has 1 aromatic rings. The molecule has 0 aliphatic carbocycles. The third-order valence-corrected chi connectivity index (χ3v) is 4.09. The van der Waals surface area contributed by atoms with Gasteiger partial charge in [-0.05, 0) is 18.2 Å². The molecule has 1 atom stereocenters. The van der Waals surface area contributed by atoms with Gasteiger partial charge in [0.2, 0.25) is 5.91 Å². The van der Waals surface area contributed by atoms with Gasteiger partial charge in [0.15, 0.2) is 0 Å². The zero-order chi connectivity index (χ0) is 13.8. The van der Waals surface area contributed by atoms with Gasteiger partial charge in [-0.25, -0.2) is 4.79 Å². The van der Waals surface area contributed by atoms with Crippen molar-refractivity contribution in [1.29, 1.82) is 0 Å². The van der Waals surface area contributed by atoms with Crippen molar-refractivity contribution in [3.05, 3.63) is 28.8 Å². The molecule has 0 spiro atoms. The molecule has 1 amide bonds. The number of carbonyl (C=O) groups is 2. The van der Waals surface area contributed by atoms with E-state index in [1.807, 2.05) is 0 Å². The molecule has 1 fully saturated rings. The first kappa shape index (κ1) is 14.2. The molecule has 19 heavy (non-hydrogen) atoms. The van der Waals surface area contributed by atoms with Crippen LogP contribution in [0.1, 0.15) is 10.4 Å². The van der Waals surface area contributed by atoms with Gasteiger partial charge in [-0.15, -0.1) is 0 Å². The van der Waals surface area contributed by atoms with Crippen molar-refractivity contribution in [2.24, 2.45) is 0 Å². The van der Waals surface area contributed by atoms with Crippen molar-refractivity contribution in [2.45, 2.75) is 6.04 Å². The van der Waals surface area contributed by atoms with Crippen LogP contribution < -0.4 is 10.6 Å². The fourth-order valence-electron chi connectivity index (χ4n) is 1.70. The Morgan fingerprint density at radius 3 is 2.84 bits per heavy atom. The van der Waals surface area contributed by atoms with Gasteiger partial charge in [0.05, 0.1) is 22.3 Å². The van der Waals surface area contributed by atoms with E-state index >= 15 is 0 Å². The van der Waals surface area contributed by atoms with Crippen LogP contribution in [0.25, 0.3) is 0 Å². The van der Waals surface area contributed by atoms with E-state index in [1.165, 1.54) is 18.2 Å². The van der Waals surface area contributed by atoms with E-state index in [1.54, 1.807) is 11.8 Å². The first-order valence-electron chi connectivity index (χ1n) is 5.73. The summed E-state index contributed by atoms with van der Waals surface area (Å²) in [7, 11) is 0. The Labute approximate surface area is 119 Å². The molecule has 5 nitrogen and oxygen atoms in total. The minimum absolute atomic E-state index is 0.0920. The molecule has 1 heterocycles. The average molecular weight is 301 g/mol. The number of nitrogens with one attached hydrogen (secondary N) is 2. The first-order valence-corrected chi connectivity index (χ1v) is 7.26. The molecule has 2 rings (SSSR count). The number of halogens is 1. The van der Waals surface area contributed by atoms with Gasteiger partial charge in [0, 0.05) is 18.1 Å². The molecule has 1 saturated heterocycles. The number of benzene rings is 1. The van der Waals surface area contributed by atoms with Crippen LogP contribution in [0, 0.1) is 0 Å². The zero-order valence-electron chi connectivity index (χ0n) is 9.98. The van der Waals surface area contributed by atoms with Crippen LogP contribution in [-0.2, 0) is 4.79 Å². The average Bonchev–Trinajstić information content (AvgIpc) is 2.41. The Kier molecular flexibility index (Phi) is 4.68. The van der Waals surface area contributed by atoms with Crippen LogP contribution in [0.3, 0.4) is 0 Å². The molecular formula is C12H13ClN2O3S. The summed E-state index contributed by atoms with van der Waals surface area (Å²) < 4.78 is 0. The van der Waals surface area contributed by atoms with E-state index in [4.69, 9.17) is 16.7 Å². The summed E-state index contributed by atoms with van der Waals surface area (Å²) in [5.41, 5.74) is 0.517. The largest absolute Gasteiger partial charge is 0.478 e. The number of carboxylic acid groups (broad SMARTS) is 1. The third-order valence-electron chi connectivity index (χ3n) is 2.71. The quantitative estimate of drug-likeness (QED) is 0.791. The van der Waals surface area contributed by atoms with Crippen molar-refractivity contribution in [1.82, 2.24) is 5.32 Å². The third kappa shape index (κ3) is 3.62. The second-order valence-electron chi connectivity index (χ2n) is 4.07. The monoisotopic (exact) mass is 300 g/mol. The van der Waals surface area contributed by atoms with Crippen LogP contribution in [0.5, 0.6) is 0 Å². The number of thioether (sulfide) groups is 1. The Hall–Kier alpha value is -1.24. The summed E-state index contributed by atoms with van der Waals surface area (Å²) >= 11 is 7.67. The smallest absolute Gasteiger partial charge is 0.335 e. The standard InChI is InChI=1S/C12H13ClN2O3S/c13-8-5-7(12(17)18)1-2-9(8)15-11(16)10-6-19-4-3-14-10/h1-2,5,10,14H,3-4,6H2,(H,15,16)(H,17,18). The van der Waals surface area contributed by atoms with Gasteiger partial charge in [0.25, 0.3) is 0 Å². The molecule has 1 unspecified atom stereocenters.